The summed E-state index contributed by atoms with van der Waals surface area (Å²) in [6.45, 7) is 20.3. The molecule has 312 valence electrons. The van der Waals surface area contributed by atoms with E-state index in [4.69, 9.17) is 9.15 Å². The van der Waals surface area contributed by atoms with Gasteiger partial charge in [0.05, 0.1) is 16.7 Å². The molecule has 0 bridgehead atoms. The summed E-state index contributed by atoms with van der Waals surface area (Å²) in [4.78, 5) is 2.53. The van der Waals surface area contributed by atoms with Gasteiger partial charge in [0.15, 0.2) is 5.58 Å². The molecule has 5 heteroatoms. The molecule has 2 aliphatic rings. The first-order chi connectivity index (χ1) is 30.7. The van der Waals surface area contributed by atoms with Gasteiger partial charge in [0.2, 0.25) is 0 Å². The quantitative estimate of drug-likeness (QED) is 0.166. The van der Waals surface area contributed by atoms with Crippen LogP contribution in [0.3, 0.4) is 0 Å². The number of aromatic nitrogens is 1. The van der Waals surface area contributed by atoms with Gasteiger partial charge in [-0.3, -0.25) is 0 Å². The second kappa shape index (κ2) is 13.5. The van der Waals surface area contributed by atoms with E-state index in [1.807, 2.05) is 0 Å². The second-order valence-corrected chi connectivity index (χ2v) is 20.4. The summed E-state index contributed by atoms with van der Waals surface area (Å²) in [6, 6.07) is 54.2. The van der Waals surface area contributed by atoms with E-state index in [1.165, 1.54) is 60.5 Å². The molecule has 0 amide bonds. The fraction of sp³-hybridized carbons (Fsp3) is 0.186. The van der Waals surface area contributed by atoms with Crippen molar-refractivity contribution in [2.24, 2.45) is 0 Å². The molecular formula is C59H51BN2O2. The smallest absolute Gasteiger partial charge is 0.256 e. The van der Waals surface area contributed by atoms with Crippen LogP contribution in [0.1, 0.15) is 69.4 Å². The zero-order valence-electron chi connectivity index (χ0n) is 38.1. The number of ether oxygens (including phenoxy) is 1. The Hall–Kier alpha value is -6.98. The molecule has 0 saturated carbocycles. The van der Waals surface area contributed by atoms with E-state index in [9.17, 15) is 0 Å². The molecule has 2 aromatic heterocycles. The number of hydrogen-bond donors (Lipinski definition) is 0. The van der Waals surface area contributed by atoms with Crippen molar-refractivity contribution < 1.29 is 9.15 Å². The molecule has 0 unspecified atom stereocenters. The Kier molecular flexibility index (Phi) is 8.17. The van der Waals surface area contributed by atoms with Crippen molar-refractivity contribution in [2.75, 3.05) is 4.90 Å². The van der Waals surface area contributed by atoms with Gasteiger partial charge < -0.3 is 18.6 Å². The summed E-state index contributed by atoms with van der Waals surface area (Å²) in [5.41, 5.74) is 20.5. The van der Waals surface area contributed by atoms with Crippen molar-refractivity contribution in [1.29, 1.82) is 0 Å². The first kappa shape index (κ1) is 38.7. The number of anilines is 3. The number of fused-ring (bicyclic) bond motifs is 10. The van der Waals surface area contributed by atoms with E-state index in [0.717, 1.165) is 72.8 Å². The fourth-order valence-electron chi connectivity index (χ4n) is 11.1. The number of furan rings is 1. The standard InChI is InChI=1S/C59H51BN2O2/c1-34-28-35(2)53(36(3)29-34)37-30-49-54-52(31-37)63-51-27-24-39(59(7,8)9)32-45(51)60(54)46-33-44-43-18-12-15-21-50(43)64-57(44)56(55(46)61(49)40-25-22-38(23-26-40)58(4,5)6)62-47-19-13-10-16-41(47)42-17-11-14-20-48(42)62/h10-33H,1-9H3. The van der Waals surface area contributed by atoms with Gasteiger partial charge >= 0.3 is 0 Å². The third-order valence-corrected chi connectivity index (χ3v) is 14.0. The molecule has 4 nitrogen and oxygen atoms in total. The van der Waals surface area contributed by atoms with Crippen LogP contribution in [0.4, 0.5) is 17.1 Å². The van der Waals surface area contributed by atoms with Crippen LogP contribution in [-0.2, 0) is 10.8 Å². The first-order valence-corrected chi connectivity index (χ1v) is 22.7. The zero-order chi connectivity index (χ0) is 44.0. The third kappa shape index (κ3) is 5.62. The summed E-state index contributed by atoms with van der Waals surface area (Å²) in [7, 11) is 0. The number of hydrogen-bond acceptors (Lipinski definition) is 3. The Bertz CT molecular complexity index is 3520. The number of benzene rings is 8. The highest BCUT2D eigenvalue weighted by Crippen LogP contribution is 2.50. The summed E-state index contributed by atoms with van der Waals surface area (Å²) in [5, 5.41) is 4.62. The van der Waals surface area contributed by atoms with Crippen LogP contribution in [0.5, 0.6) is 11.5 Å². The minimum absolute atomic E-state index is 0.0140. The lowest BCUT2D eigenvalue weighted by molar-refractivity contribution is 0.486. The Morgan fingerprint density at radius 3 is 1.78 bits per heavy atom. The molecule has 0 radical (unpaired) electrons. The number of rotatable bonds is 3. The second-order valence-electron chi connectivity index (χ2n) is 20.4. The van der Waals surface area contributed by atoms with Gasteiger partial charge in [-0.2, -0.15) is 0 Å². The maximum absolute atomic E-state index is 7.23. The molecule has 0 atom stereocenters. The van der Waals surface area contributed by atoms with Crippen molar-refractivity contribution in [3.05, 3.63) is 173 Å². The molecule has 2 aliphatic heterocycles. The van der Waals surface area contributed by atoms with Crippen molar-refractivity contribution >= 4 is 83.9 Å². The van der Waals surface area contributed by atoms with E-state index in [1.54, 1.807) is 0 Å². The highest BCUT2D eigenvalue weighted by molar-refractivity contribution is 6.99. The Balaban J connectivity index is 1.30. The van der Waals surface area contributed by atoms with Crippen LogP contribution in [0, 0.1) is 20.8 Å². The summed E-state index contributed by atoms with van der Waals surface area (Å²) >= 11 is 0. The number of para-hydroxylation sites is 3. The van der Waals surface area contributed by atoms with Crippen LogP contribution in [0.25, 0.3) is 60.6 Å². The lowest BCUT2D eigenvalue weighted by Gasteiger charge is -2.42. The van der Waals surface area contributed by atoms with Crippen molar-refractivity contribution in [3.63, 3.8) is 0 Å². The maximum atomic E-state index is 7.23. The molecule has 0 fully saturated rings. The molecule has 0 aliphatic carbocycles. The minimum Gasteiger partial charge on any atom is -0.458 e. The number of aryl methyl sites for hydroxylation is 3. The average molecular weight is 831 g/mol. The van der Waals surface area contributed by atoms with Crippen LogP contribution in [0.15, 0.2) is 150 Å². The van der Waals surface area contributed by atoms with Gasteiger partial charge in [-0.1, -0.05) is 144 Å². The maximum Gasteiger partial charge on any atom is 0.256 e. The van der Waals surface area contributed by atoms with Crippen molar-refractivity contribution in [2.45, 2.75) is 73.1 Å². The van der Waals surface area contributed by atoms with Gasteiger partial charge in [0.25, 0.3) is 6.71 Å². The zero-order valence-corrected chi connectivity index (χ0v) is 38.1. The van der Waals surface area contributed by atoms with Gasteiger partial charge in [0.1, 0.15) is 22.8 Å². The summed E-state index contributed by atoms with van der Waals surface area (Å²) in [5.74, 6) is 1.79. The summed E-state index contributed by atoms with van der Waals surface area (Å²) in [6.07, 6.45) is 0. The van der Waals surface area contributed by atoms with Gasteiger partial charge in [0, 0.05) is 32.9 Å². The van der Waals surface area contributed by atoms with Crippen molar-refractivity contribution in [3.8, 4) is 28.3 Å². The average Bonchev–Trinajstić information content (AvgIpc) is 3.80. The summed E-state index contributed by atoms with van der Waals surface area (Å²) < 4.78 is 16.9. The topological polar surface area (TPSA) is 30.5 Å². The predicted octanol–water partition coefficient (Wildman–Crippen LogP) is 14.3. The molecule has 12 rings (SSSR count). The van der Waals surface area contributed by atoms with Crippen molar-refractivity contribution in [1.82, 2.24) is 4.57 Å². The number of nitrogens with zero attached hydrogens (tertiary/aromatic N) is 2. The molecule has 0 N–H and O–H groups in total. The highest BCUT2D eigenvalue weighted by Gasteiger charge is 2.45. The normalized spacial score (nSPS) is 13.5. The molecule has 4 heterocycles. The van der Waals surface area contributed by atoms with Crippen LogP contribution < -0.4 is 26.0 Å². The molecule has 8 aromatic carbocycles. The van der Waals surface area contributed by atoms with Crippen LogP contribution in [0.2, 0.25) is 0 Å². The highest BCUT2D eigenvalue weighted by atomic mass is 16.5. The van der Waals surface area contributed by atoms with Gasteiger partial charge in [-0.25, -0.2) is 0 Å². The SMILES string of the molecule is Cc1cc(C)c(-c2cc3c4c(c2)N(c2ccc(C(C)(C)C)cc2)c2c(cc5c(oc6ccccc65)c2-n2c5ccccc5c5ccccc52)B4c2cc(C(C)(C)C)ccc2O3)c(C)c1. The Morgan fingerprint density at radius 2 is 1.12 bits per heavy atom. The molecular weight excluding hydrogens is 779 g/mol. The van der Waals surface area contributed by atoms with E-state index in [2.05, 4.69) is 217 Å². The molecule has 10 aromatic rings. The lowest BCUT2D eigenvalue weighted by Crippen LogP contribution is -2.60. The third-order valence-electron chi connectivity index (χ3n) is 14.0. The minimum atomic E-state index is -0.143. The molecule has 0 saturated heterocycles. The van der Waals surface area contributed by atoms with E-state index >= 15 is 0 Å². The lowest BCUT2D eigenvalue weighted by atomic mass is 9.33. The van der Waals surface area contributed by atoms with E-state index in [0.29, 0.717) is 0 Å². The molecule has 0 spiro atoms. The monoisotopic (exact) mass is 830 g/mol. The Morgan fingerprint density at radius 1 is 0.516 bits per heavy atom. The fourth-order valence-corrected chi connectivity index (χ4v) is 11.1. The van der Waals surface area contributed by atoms with Gasteiger partial charge in [-0.05, 0) is 130 Å². The first-order valence-electron chi connectivity index (χ1n) is 22.7. The van der Waals surface area contributed by atoms with Crippen LogP contribution >= 0.6 is 0 Å². The van der Waals surface area contributed by atoms with E-state index < -0.39 is 0 Å². The van der Waals surface area contributed by atoms with Gasteiger partial charge in [-0.15, -0.1) is 0 Å². The predicted molar refractivity (Wildman–Crippen MR) is 271 cm³/mol. The molecule has 64 heavy (non-hydrogen) atoms. The van der Waals surface area contributed by atoms with E-state index in [-0.39, 0.29) is 17.5 Å². The Labute approximate surface area is 375 Å². The van der Waals surface area contributed by atoms with Crippen LogP contribution in [-0.4, -0.2) is 11.3 Å². The largest absolute Gasteiger partial charge is 0.458 e.